The zero-order valence-electron chi connectivity index (χ0n) is 21.2. The van der Waals surface area contributed by atoms with Gasteiger partial charge in [0.2, 0.25) is 0 Å². The van der Waals surface area contributed by atoms with E-state index in [1.807, 2.05) is 12.2 Å². The lowest BCUT2D eigenvalue weighted by Crippen LogP contribution is -2.30. The number of piperidine rings is 1. The number of rotatable bonds is 11. The molecule has 0 aromatic carbocycles. The Hall–Kier alpha value is -4.17. The number of nitrogens with one attached hydrogen (secondary N) is 2. The molecule has 1 saturated heterocycles. The van der Waals surface area contributed by atoms with Crippen LogP contribution < -0.4 is 28.1 Å². The Morgan fingerprint density at radius 3 is 2.50 bits per heavy atom. The molecule has 0 atom stereocenters. The summed E-state index contributed by atoms with van der Waals surface area (Å²) in [6, 6.07) is 1.74. The Morgan fingerprint density at radius 1 is 1.22 bits per heavy atom. The lowest BCUT2D eigenvalue weighted by Gasteiger charge is -2.29. The molecule has 8 heteroatoms. The largest absolute Gasteiger partial charge is 0.495 e. The van der Waals surface area contributed by atoms with Crippen LogP contribution in [-0.2, 0) is 4.74 Å². The molecule has 1 aliphatic rings. The number of ether oxygens (including phenoxy) is 1. The molecule has 1 aliphatic heterocycles. The Kier molecular flexibility index (Phi) is 10.6. The number of pyridine rings is 1. The molecule has 1 aromatic heterocycles. The van der Waals surface area contributed by atoms with Gasteiger partial charge in [0.25, 0.3) is 5.56 Å². The van der Waals surface area contributed by atoms with Crippen LogP contribution in [-0.4, -0.2) is 37.1 Å². The maximum absolute atomic E-state index is 12.7. The lowest BCUT2D eigenvalue weighted by atomic mass is 9.89. The second-order valence-electron chi connectivity index (χ2n) is 8.52. The third-order valence-electron chi connectivity index (χ3n) is 6.03. The number of hydrogen-bond donors (Lipinski definition) is 5. The molecule has 0 unspecified atom stereocenters. The van der Waals surface area contributed by atoms with Gasteiger partial charge in [0.15, 0.2) is 0 Å². The highest BCUT2D eigenvalue weighted by Gasteiger charge is 2.19. The van der Waals surface area contributed by atoms with Gasteiger partial charge in [0.05, 0.1) is 12.7 Å². The van der Waals surface area contributed by atoms with Crippen LogP contribution in [0.1, 0.15) is 24.0 Å². The first-order chi connectivity index (χ1) is 17.2. The molecule has 1 fully saturated rings. The maximum Gasteiger partial charge on any atom is 0.257 e. The van der Waals surface area contributed by atoms with Crippen LogP contribution in [0, 0.1) is 5.92 Å². The second-order valence-corrected chi connectivity index (χ2v) is 8.52. The fraction of sp³-hybridized carbons (Fsp3) is 0.250. The van der Waals surface area contributed by atoms with Gasteiger partial charge >= 0.3 is 0 Å². The first-order valence-electron chi connectivity index (χ1n) is 11.7. The number of hydrogen-bond acceptors (Lipinski definition) is 7. The monoisotopic (exact) mass is 490 g/mol. The van der Waals surface area contributed by atoms with E-state index in [0.29, 0.717) is 45.5 Å². The van der Waals surface area contributed by atoms with Gasteiger partial charge in [-0.2, -0.15) is 0 Å². The van der Waals surface area contributed by atoms with Crippen molar-refractivity contribution in [2.75, 3.05) is 27.2 Å². The highest BCUT2D eigenvalue weighted by atomic mass is 16.5. The fourth-order valence-corrected chi connectivity index (χ4v) is 3.93. The highest BCUT2D eigenvalue weighted by Crippen LogP contribution is 2.25. The summed E-state index contributed by atoms with van der Waals surface area (Å²) in [6.07, 6.45) is 15.3. The van der Waals surface area contributed by atoms with Gasteiger partial charge in [0.1, 0.15) is 5.76 Å². The maximum atomic E-state index is 12.7. The van der Waals surface area contributed by atoms with Gasteiger partial charge in [-0.05, 0) is 80.5 Å². The summed E-state index contributed by atoms with van der Waals surface area (Å²) >= 11 is 0. The predicted molar refractivity (Wildman–Crippen MR) is 150 cm³/mol. The zero-order valence-corrected chi connectivity index (χ0v) is 21.2. The van der Waals surface area contributed by atoms with Crippen LogP contribution in [0.5, 0.6) is 0 Å². The van der Waals surface area contributed by atoms with E-state index in [4.69, 9.17) is 21.9 Å². The Bertz CT molecular complexity index is 1170. The summed E-state index contributed by atoms with van der Waals surface area (Å²) in [5.74, 6) is 0.836. The van der Waals surface area contributed by atoms with E-state index in [1.165, 1.54) is 13.3 Å². The highest BCUT2D eigenvalue weighted by molar-refractivity contribution is 5.74. The van der Waals surface area contributed by atoms with Crippen LogP contribution >= 0.6 is 0 Å². The number of aromatic amines is 1. The van der Waals surface area contributed by atoms with Crippen molar-refractivity contribution in [2.24, 2.45) is 23.1 Å². The molecule has 2 heterocycles. The third-order valence-corrected chi connectivity index (χ3v) is 6.03. The minimum atomic E-state index is -0.316. The number of nitrogens with two attached hydrogens (primary N) is 3. The number of methoxy groups -OCH3 is 1. The number of allylic oxidation sites excluding steroid dienone is 5. The molecule has 36 heavy (non-hydrogen) atoms. The quantitative estimate of drug-likeness (QED) is 0.238. The van der Waals surface area contributed by atoms with Crippen molar-refractivity contribution in [3.63, 3.8) is 0 Å². The molecule has 2 rings (SSSR count). The molecule has 0 saturated carbocycles. The molecule has 8 nitrogen and oxygen atoms in total. The van der Waals surface area contributed by atoms with Crippen molar-refractivity contribution < 1.29 is 4.74 Å². The molecule has 0 spiro atoms. The van der Waals surface area contributed by atoms with Gasteiger partial charge in [0, 0.05) is 35.1 Å². The van der Waals surface area contributed by atoms with Crippen molar-refractivity contribution in [3.05, 3.63) is 118 Å². The van der Waals surface area contributed by atoms with Gasteiger partial charge < -0.3 is 37.1 Å². The summed E-state index contributed by atoms with van der Waals surface area (Å²) in [6.45, 7) is 14.0. The molecule has 1 aromatic rings. The normalized spacial score (nSPS) is 16.7. The minimum absolute atomic E-state index is 0.316. The van der Waals surface area contributed by atoms with Crippen LogP contribution in [0.2, 0.25) is 0 Å². The Morgan fingerprint density at radius 2 is 1.92 bits per heavy atom. The van der Waals surface area contributed by atoms with Crippen LogP contribution in [0.4, 0.5) is 0 Å². The summed E-state index contributed by atoms with van der Waals surface area (Å²) < 4.78 is 5.17. The van der Waals surface area contributed by atoms with Crippen molar-refractivity contribution >= 4 is 11.8 Å². The van der Waals surface area contributed by atoms with Gasteiger partial charge in [-0.25, -0.2) is 0 Å². The van der Waals surface area contributed by atoms with Crippen molar-refractivity contribution in [3.8, 4) is 0 Å². The number of likely N-dealkylation sites (tertiary alicyclic amines) is 1. The first kappa shape index (κ1) is 28.1. The lowest BCUT2D eigenvalue weighted by molar-refractivity contribution is 0.240. The number of aromatic nitrogens is 1. The first-order valence-corrected chi connectivity index (χ1v) is 11.7. The van der Waals surface area contributed by atoms with E-state index in [2.05, 4.69) is 42.0 Å². The smallest absolute Gasteiger partial charge is 0.257 e. The molecule has 8 N–H and O–H groups in total. The summed E-state index contributed by atoms with van der Waals surface area (Å²) in [4.78, 5) is 17.7. The van der Waals surface area contributed by atoms with Gasteiger partial charge in [-0.1, -0.05) is 31.9 Å². The summed E-state index contributed by atoms with van der Waals surface area (Å²) in [5, 5.41) is 3.11. The standard InChI is InChI=1S/C28H38N6O2/c1-6-21(15-25(18-30)36-5)26(31)16-23-9-12-32-28(35)27(23)20(3)33-19(2)7-8-24(17-29)22-10-13-34(4)14-11-22/h6-9,12,15-18,22,33H,1-3,10-11,13-14,29-31H2,4-5H3,(H,32,35)/b8-7-,21-15+,24-17+,25-18+,26-16-. The molecule has 0 radical (unpaired) electrons. The van der Waals surface area contributed by atoms with Crippen LogP contribution in [0.15, 0.2) is 102 Å². The average molecular weight is 491 g/mol. The molecule has 0 amide bonds. The van der Waals surface area contributed by atoms with Gasteiger partial charge in [-0.3, -0.25) is 4.79 Å². The van der Waals surface area contributed by atoms with E-state index in [0.717, 1.165) is 31.5 Å². The van der Waals surface area contributed by atoms with Crippen LogP contribution in [0.25, 0.3) is 11.8 Å². The number of nitrogens with zero attached hydrogens (tertiary/aromatic N) is 1. The fourth-order valence-electron chi connectivity index (χ4n) is 3.93. The second kappa shape index (κ2) is 13.7. The Balaban J connectivity index is 2.24. The molecular weight excluding hydrogens is 452 g/mol. The molecular formula is C28H38N6O2. The average Bonchev–Trinajstić information content (AvgIpc) is 2.86. The van der Waals surface area contributed by atoms with E-state index < -0.39 is 0 Å². The van der Waals surface area contributed by atoms with Crippen molar-refractivity contribution in [1.82, 2.24) is 15.2 Å². The SMILES string of the molecule is C=CC(=C\C(=C/N)OC)/C(N)=C/c1cc[nH]c(=O)c1C(=C)NC(=C)/C=C\C(=C/N)C1CCN(C)CC1. The molecule has 0 aliphatic carbocycles. The Labute approximate surface area is 213 Å². The topological polar surface area (TPSA) is 135 Å². The van der Waals surface area contributed by atoms with E-state index in [1.54, 1.807) is 36.7 Å². The minimum Gasteiger partial charge on any atom is -0.495 e. The zero-order chi connectivity index (χ0) is 26.7. The summed E-state index contributed by atoms with van der Waals surface area (Å²) in [5.41, 5.74) is 21.3. The number of H-pyrrole nitrogens is 1. The molecule has 192 valence electrons. The van der Waals surface area contributed by atoms with Crippen molar-refractivity contribution in [1.29, 1.82) is 0 Å². The molecule has 0 bridgehead atoms. The van der Waals surface area contributed by atoms with E-state index >= 15 is 0 Å². The predicted octanol–water partition coefficient (Wildman–Crippen LogP) is 3.05. The van der Waals surface area contributed by atoms with E-state index in [9.17, 15) is 4.79 Å². The van der Waals surface area contributed by atoms with E-state index in [-0.39, 0.29) is 5.56 Å². The summed E-state index contributed by atoms with van der Waals surface area (Å²) in [7, 11) is 3.63. The van der Waals surface area contributed by atoms with Crippen molar-refractivity contribution in [2.45, 2.75) is 12.8 Å². The van der Waals surface area contributed by atoms with Gasteiger partial charge in [-0.15, -0.1) is 0 Å². The third kappa shape index (κ3) is 7.68. The van der Waals surface area contributed by atoms with Crippen LogP contribution in [0.3, 0.4) is 0 Å².